The first kappa shape index (κ1) is 22.4. The van der Waals surface area contributed by atoms with E-state index in [1.54, 1.807) is 28.9 Å². The van der Waals surface area contributed by atoms with Crippen molar-refractivity contribution in [3.8, 4) is 17.6 Å². The number of nitriles is 1. The summed E-state index contributed by atoms with van der Waals surface area (Å²) < 4.78 is 14.5. The Balaban J connectivity index is 1.43. The third kappa shape index (κ3) is 5.07. The molecule has 0 unspecified atom stereocenters. The molecule has 2 saturated carbocycles. The molecule has 5 nitrogen and oxygen atoms in total. The Kier molecular flexibility index (Phi) is 6.76. The number of carbonyl (C=O) groups is 1. The van der Waals surface area contributed by atoms with Gasteiger partial charge in [0.1, 0.15) is 0 Å². The Morgan fingerprint density at radius 2 is 1.50 bits per heavy atom. The minimum atomic E-state index is -0.123. The fourth-order valence-electron chi connectivity index (χ4n) is 5.13. The third-order valence-corrected chi connectivity index (χ3v) is 7.01. The van der Waals surface area contributed by atoms with Gasteiger partial charge in [-0.15, -0.1) is 4.58 Å². The number of rotatable bonds is 6. The smallest absolute Gasteiger partial charge is 0.418 e. The van der Waals surface area contributed by atoms with Gasteiger partial charge in [0.15, 0.2) is 17.7 Å². The van der Waals surface area contributed by atoms with Crippen LogP contribution in [-0.4, -0.2) is 28.9 Å². The van der Waals surface area contributed by atoms with Gasteiger partial charge in [0.25, 0.3) is 0 Å². The largest absolute Gasteiger partial charge is 0.487 e. The van der Waals surface area contributed by atoms with Crippen molar-refractivity contribution in [2.24, 2.45) is 0 Å². The lowest BCUT2D eigenvalue weighted by Crippen LogP contribution is -2.17. The predicted octanol–water partition coefficient (Wildman–Crippen LogP) is 6.32. The van der Waals surface area contributed by atoms with Crippen LogP contribution in [0.4, 0.5) is 5.69 Å². The summed E-state index contributed by atoms with van der Waals surface area (Å²) in [4.78, 5) is 12.8. The molecule has 1 amide bonds. The van der Waals surface area contributed by atoms with Crippen LogP contribution in [0.2, 0.25) is 0 Å². The molecule has 0 bridgehead atoms. The Hall–Kier alpha value is -3.39. The van der Waals surface area contributed by atoms with Gasteiger partial charge in [0, 0.05) is 12.1 Å². The molecule has 0 radical (unpaired) electrons. The van der Waals surface area contributed by atoms with Crippen molar-refractivity contribution in [1.82, 2.24) is 0 Å². The van der Waals surface area contributed by atoms with Crippen molar-refractivity contribution in [1.29, 1.82) is 5.26 Å². The van der Waals surface area contributed by atoms with Crippen LogP contribution >= 0.6 is 0 Å². The van der Waals surface area contributed by atoms with Crippen LogP contribution < -0.4 is 9.47 Å². The van der Waals surface area contributed by atoms with Gasteiger partial charge in [-0.3, -0.25) is 0 Å². The topological polar surface area (TPSA) is 62.3 Å². The molecule has 0 saturated heterocycles. The molecule has 0 aromatic heterocycles. The van der Waals surface area contributed by atoms with E-state index in [0.717, 1.165) is 48.3 Å². The lowest BCUT2D eigenvalue weighted by Gasteiger charge is -2.22. The standard InChI is InChI=1S/C29H31N2O3/c30-19-21-8-7-9-24(16-21)31-20-23(18-29(31)32)22-14-15-27(33-25-10-3-1-2-4-11-25)28(17-22)34-26-12-5-6-13-26/h7-9,14-18,20,25-26H,1-6,10-13H2/q+1. The van der Waals surface area contributed by atoms with Gasteiger partial charge in [-0.25, -0.2) is 4.79 Å². The summed E-state index contributed by atoms with van der Waals surface area (Å²) in [5.41, 5.74) is 2.96. The molecule has 2 aromatic rings. The second kappa shape index (κ2) is 10.3. The molecule has 0 atom stereocenters. The van der Waals surface area contributed by atoms with Gasteiger partial charge < -0.3 is 9.47 Å². The molecule has 2 fully saturated rings. The van der Waals surface area contributed by atoms with E-state index in [2.05, 4.69) is 6.07 Å². The Bertz CT molecular complexity index is 1160. The predicted molar refractivity (Wildman–Crippen MR) is 132 cm³/mol. The second-order valence-corrected chi connectivity index (χ2v) is 9.52. The van der Waals surface area contributed by atoms with Crippen molar-refractivity contribution in [3.63, 3.8) is 0 Å². The van der Waals surface area contributed by atoms with Crippen LogP contribution in [0.1, 0.15) is 75.3 Å². The Morgan fingerprint density at radius 1 is 0.824 bits per heavy atom. The first-order valence-corrected chi connectivity index (χ1v) is 12.6. The number of hydrogen-bond acceptors (Lipinski definition) is 4. The number of carbonyl (C=O) groups excluding carboxylic acids is 1. The van der Waals surface area contributed by atoms with Gasteiger partial charge >= 0.3 is 5.91 Å². The maximum Gasteiger partial charge on any atom is 0.418 e. The summed E-state index contributed by atoms with van der Waals surface area (Å²) in [5.74, 6) is 1.47. The molecule has 34 heavy (non-hydrogen) atoms. The molecule has 1 heterocycles. The molecule has 5 heteroatoms. The Labute approximate surface area is 201 Å². The number of ether oxygens (including phenoxy) is 2. The lowest BCUT2D eigenvalue weighted by molar-refractivity contribution is -0.352. The van der Waals surface area contributed by atoms with Crippen LogP contribution in [0, 0.1) is 11.3 Å². The van der Waals surface area contributed by atoms with Crippen LogP contribution in [0.25, 0.3) is 5.57 Å². The number of hydrogen-bond donors (Lipinski definition) is 0. The second-order valence-electron chi connectivity index (χ2n) is 9.52. The normalized spacial score (nSPS) is 19.3. The quantitative estimate of drug-likeness (QED) is 0.378. The maximum atomic E-state index is 12.8. The van der Waals surface area contributed by atoms with Crippen molar-refractivity contribution >= 4 is 23.4 Å². The Morgan fingerprint density at radius 3 is 2.21 bits per heavy atom. The summed E-state index contributed by atoms with van der Waals surface area (Å²) in [6, 6.07) is 15.3. The van der Waals surface area contributed by atoms with Crippen LogP contribution in [0.3, 0.4) is 0 Å². The molecular weight excluding hydrogens is 424 g/mol. The fourth-order valence-corrected chi connectivity index (χ4v) is 5.13. The van der Waals surface area contributed by atoms with Crippen LogP contribution in [-0.2, 0) is 4.79 Å². The van der Waals surface area contributed by atoms with Crippen molar-refractivity contribution in [2.75, 3.05) is 0 Å². The molecule has 2 aliphatic carbocycles. The molecule has 174 valence electrons. The van der Waals surface area contributed by atoms with Crippen LogP contribution in [0.5, 0.6) is 11.5 Å². The average Bonchev–Trinajstić information content (AvgIpc) is 3.43. The highest BCUT2D eigenvalue weighted by molar-refractivity contribution is 6.19. The number of amides is 1. The summed E-state index contributed by atoms with van der Waals surface area (Å²) in [6.45, 7) is 0. The van der Waals surface area contributed by atoms with Crippen molar-refractivity contribution in [3.05, 3.63) is 59.7 Å². The van der Waals surface area contributed by atoms with Crippen molar-refractivity contribution in [2.45, 2.75) is 76.4 Å². The number of allylic oxidation sites excluding steroid dienone is 1. The van der Waals surface area contributed by atoms with Gasteiger partial charge in [-0.2, -0.15) is 5.26 Å². The van der Waals surface area contributed by atoms with Crippen molar-refractivity contribution < 1.29 is 18.8 Å². The molecule has 1 aliphatic heterocycles. The van der Waals surface area contributed by atoms with E-state index < -0.39 is 0 Å². The molecular formula is C29H31N2O3+. The number of nitrogens with zero attached hydrogens (tertiary/aromatic N) is 2. The van der Waals surface area contributed by atoms with Gasteiger partial charge in [0.05, 0.1) is 35.5 Å². The summed E-state index contributed by atoms with van der Waals surface area (Å²) in [6.07, 6.45) is 15.7. The van der Waals surface area contributed by atoms with E-state index in [-0.39, 0.29) is 18.1 Å². The highest BCUT2D eigenvalue weighted by Gasteiger charge is 2.28. The molecule has 3 aliphatic rings. The first-order valence-electron chi connectivity index (χ1n) is 12.6. The van der Waals surface area contributed by atoms with E-state index in [9.17, 15) is 10.1 Å². The summed E-state index contributed by atoms with van der Waals surface area (Å²) in [5, 5.41) is 9.20. The van der Waals surface area contributed by atoms with E-state index >= 15 is 0 Å². The van der Waals surface area contributed by atoms with Gasteiger partial charge in [-0.1, -0.05) is 25.0 Å². The maximum absolute atomic E-state index is 12.8. The third-order valence-electron chi connectivity index (χ3n) is 7.01. The van der Waals surface area contributed by atoms with E-state index in [1.165, 1.54) is 38.5 Å². The minimum Gasteiger partial charge on any atom is -0.487 e. The van der Waals surface area contributed by atoms with E-state index in [4.69, 9.17) is 9.47 Å². The molecule has 0 spiro atoms. The summed E-state index contributed by atoms with van der Waals surface area (Å²) in [7, 11) is 0. The zero-order chi connectivity index (χ0) is 23.3. The average molecular weight is 456 g/mol. The van der Waals surface area contributed by atoms with E-state index in [1.807, 2.05) is 30.5 Å². The van der Waals surface area contributed by atoms with E-state index in [0.29, 0.717) is 11.3 Å². The first-order chi connectivity index (χ1) is 16.7. The molecule has 5 rings (SSSR count). The molecule has 0 N–H and O–H groups in total. The zero-order valence-electron chi connectivity index (χ0n) is 19.5. The van der Waals surface area contributed by atoms with Gasteiger partial charge in [0.2, 0.25) is 5.69 Å². The van der Waals surface area contributed by atoms with Crippen LogP contribution in [0.15, 0.2) is 48.5 Å². The molecule has 2 aromatic carbocycles. The number of benzene rings is 2. The minimum absolute atomic E-state index is 0.123. The monoisotopic (exact) mass is 455 g/mol. The van der Waals surface area contributed by atoms with Gasteiger partial charge in [-0.05, 0) is 75.1 Å². The summed E-state index contributed by atoms with van der Waals surface area (Å²) >= 11 is 0. The SMILES string of the molecule is N#Cc1cccc([N+]2=CC(c3ccc(OC4CCCCCC4)c(OC4CCCC4)c3)=CC2=O)c1. The highest BCUT2D eigenvalue weighted by atomic mass is 16.5. The fraction of sp³-hybridized carbons (Fsp3) is 0.414. The lowest BCUT2D eigenvalue weighted by atomic mass is 10.1. The highest BCUT2D eigenvalue weighted by Crippen LogP contribution is 2.37. The zero-order valence-corrected chi connectivity index (χ0v) is 19.5.